The van der Waals surface area contributed by atoms with Gasteiger partial charge in [-0.3, -0.25) is 24.0 Å². The molecule has 0 N–H and O–H groups in total. The number of nitriles is 1. The number of nitrogens with zero attached hydrogens (tertiary/aromatic N) is 5. The molecule has 8 nitrogen and oxygen atoms in total. The van der Waals surface area contributed by atoms with E-state index < -0.39 is 0 Å². The zero-order chi connectivity index (χ0) is 27.9. The number of thioether (sulfide) groups is 1. The summed E-state index contributed by atoms with van der Waals surface area (Å²) in [5.41, 5.74) is 2.42. The molecule has 2 aliphatic rings. The largest absolute Gasteiger partial charge is 0.382 e. The fourth-order valence-electron chi connectivity index (χ4n) is 5.03. The van der Waals surface area contributed by atoms with Crippen LogP contribution in [0, 0.1) is 18.3 Å². The summed E-state index contributed by atoms with van der Waals surface area (Å²) in [5.74, 6) is 0.618. The Labute approximate surface area is 239 Å². The number of hydrogen-bond donors (Lipinski definition) is 0. The van der Waals surface area contributed by atoms with E-state index in [0.717, 1.165) is 44.1 Å². The molecule has 1 aromatic heterocycles. The lowest BCUT2D eigenvalue weighted by Gasteiger charge is -2.38. The van der Waals surface area contributed by atoms with Crippen LogP contribution in [-0.2, 0) is 22.6 Å². The normalized spacial score (nSPS) is 17.3. The second-order valence-corrected chi connectivity index (χ2v) is 11.2. The SMILES string of the molecule is CCOCCCN1C(=O)/C(=C\c2c(C)c(C#N)c(=O)n(CC)c2N2CCN(Cc3ccccc3)CC2)SC1=S. The van der Waals surface area contributed by atoms with Gasteiger partial charge in [-0.15, -0.1) is 0 Å². The maximum atomic E-state index is 13.3. The number of carbonyl (C=O) groups excluding carboxylic acids is 1. The first kappa shape index (κ1) is 29.0. The third-order valence-corrected chi connectivity index (χ3v) is 8.48. The van der Waals surface area contributed by atoms with E-state index in [4.69, 9.17) is 17.0 Å². The van der Waals surface area contributed by atoms with Gasteiger partial charge in [0, 0.05) is 64.6 Å². The maximum Gasteiger partial charge on any atom is 0.270 e. The zero-order valence-electron chi connectivity index (χ0n) is 22.8. The zero-order valence-corrected chi connectivity index (χ0v) is 24.4. The molecular formula is C29H35N5O3S2. The van der Waals surface area contributed by atoms with Gasteiger partial charge in [-0.1, -0.05) is 54.3 Å². The van der Waals surface area contributed by atoms with E-state index in [0.29, 0.717) is 47.5 Å². The van der Waals surface area contributed by atoms with E-state index in [1.807, 2.05) is 26.0 Å². The Morgan fingerprint density at radius 1 is 1.13 bits per heavy atom. The van der Waals surface area contributed by atoms with E-state index in [1.54, 1.807) is 16.4 Å². The molecule has 3 heterocycles. The molecule has 0 aliphatic carbocycles. The van der Waals surface area contributed by atoms with E-state index in [-0.39, 0.29) is 17.0 Å². The first-order valence-corrected chi connectivity index (χ1v) is 14.6. The van der Waals surface area contributed by atoms with Crippen LogP contribution in [-0.4, -0.2) is 70.5 Å². The Morgan fingerprint density at radius 2 is 1.85 bits per heavy atom. The Morgan fingerprint density at radius 3 is 2.49 bits per heavy atom. The molecule has 2 saturated heterocycles. The standard InChI is InChI=1S/C29H35N5O3S2/c1-4-33-26(32-15-13-31(14-16-32)20-22-10-7-6-8-11-22)23(21(3)24(19-30)27(33)35)18-25-28(36)34(29(38)39-25)12-9-17-37-5-2/h6-8,10-11,18H,4-5,9,12-17,20H2,1-3H3/b25-18+. The molecule has 2 aliphatic heterocycles. The molecule has 0 saturated carbocycles. The quantitative estimate of drug-likeness (QED) is 0.243. The summed E-state index contributed by atoms with van der Waals surface area (Å²) in [5, 5.41) is 9.84. The smallest absolute Gasteiger partial charge is 0.270 e. The van der Waals surface area contributed by atoms with Gasteiger partial charge in [-0.2, -0.15) is 5.26 Å². The third kappa shape index (κ3) is 6.44. The van der Waals surface area contributed by atoms with Crippen molar-refractivity contribution >= 4 is 46.1 Å². The van der Waals surface area contributed by atoms with Crippen LogP contribution in [0.3, 0.4) is 0 Å². The maximum absolute atomic E-state index is 13.3. The van der Waals surface area contributed by atoms with Gasteiger partial charge in [-0.05, 0) is 44.4 Å². The average molecular weight is 566 g/mol. The first-order chi connectivity index (χ1) is 18.9. The van der Waals surface area contributed by atoms with Crippen molar-refractivity contribution in [1.29, 1.82) is 5.26 Å². The van der Waals surface area contributed by atoms with Crippen LogP contribution in [0.2, 0.25) is 0 Å². The fourth-order valence-corrected chi connectivity index (χ4v) is 6.32. The van der Waals surface area contributed by atoms with Gasteiger partial charge in [0.2, 0.25) is 0 Å². The number of anilines is 1. The summed E-state index contributed by atoms with van der Waals surface area (Å²) < 4.78 is 7.60. The lowest BCUT2D eigenvalue weighted by molar-refractivity contribution is -0.122. The summed E-state index contributed by atoms with van der Waals surface area (Å²) in [4.78, 5) is 33.4. The van der Waals surface area contributed by atoms with Gasteiger partial charge in [0.05, 0.1) is 4.91 Å². The highest BCUT2D eigenvalue weighted by Gasteiger charge is 2.33. The van der Waals surface area contributed by atoms with E-state index >= 15 is 0 Å². The molecule has 0 radical (unpaired) electrons. The minimum absolute atomic E-state index is 0.113. The highest BCUT2D eigenvalue weighted by atomic mass is 32.2. The highest BCUT2D eigenvalue weighted by Crippen LogP contribution is 2.36. The molecule has 4 rings (SSSR count). The minimum Gasteiger partial charge on any atom is -0.382 e. The van der Waals surface area contributed by atoms with Crippen LogP contribution >= 0.6 is 24.0 Å². The predicted molar refractivity (Wildman–Crippen MR) is 161 cm³/mol. The molecule has 2 aromatic rings. The number of rotatable bonds is 10. The van der Waals surface area contributed by atoms with Crippen LogP contribution in [0.5, 0.6) is 0 Å². The number of benzene rings is 1. The van der Waals surface area contributed by atoms with Gasteiger partial charge >= 0.3 is 0 Å². The van der Waals surface area contributed by atoms with Crippen molar-refractivity contribution in [3.63, 3.8) is 0 Å². The van der Waals surface area contributed by atoms with Gasteiger partial charge in [0.25, 0.3) is 11.5 Å². The number of carbonyl (C=O) groups is 1. The van der Waals surface area contributed by atoms with Crippen LogP contribution in [0.15, 0.2) is 40.0 Å². The van der Waals surface area contributed by atoms with Gasteiger partial charge in [0.15, 0.2) is 0 Å². The second-order valence-electron chi connectivity index (χ2n) is 9.53. The second kappa shape index (κ2) is 13.4. The van der Waals surface area contributed by atoms with Gasteiger partial charge < -0.3 is 9.64 Å². The van der Waals surface area contributed by atoms with E-state index in [9.17, 15) is 14.9 Å². The monoisotopic (exact) mass is 565 g/mol. The number of pyridine rings is 1. The molecular weight excluding hydrogens is 530 g/mol. The number of amides is 1. The lowest BCUT2D eigenvalue weighted by atomic mass is 10.0. The van der Waals surface area contributed by atoms with Crippen LogP contribution < -0.4 is 10.5 Å². The van der Waals surface area contributed by atoms with E-state index in [2.05, 4.69) is 40.1 Å². The molecule has 0 unspecified atom stereocenters. The van der Waals surface area contributed by atoms with Crippen LogP contribution in [0.4, 0.5) is 5.82 Å². The highest BCUT2D eigenvalue weighted by molar-refractivity contribution is 8.26. The molecule has 0 spiro atoms. The summed E-state index contributed by atoms with van der Waals surface area (Å²) in [6.45, 7) is 11.8. The Kier molecular flexibility index (Phi) is 9.97. The average Bonchev–Trinajstić information content (AvgIpc) is 3.21. The molecule has 39 heavy (non-hydrogen) atoms. The molecule has 0 bridgehead atoms. The van der Waals surface area contributed by atoms with Gasteiger partial charge in [0.1, 0.15) is 21.8 Å². The molecule has 1 amide bonds. The Balaban J connectivity index is 1.65. The van der Waals surface area contributed by atoms with Crippen LogP contribution in [0.25, 0.3) is 6.08 Å². The van der Waals surface area contributed by atoms with Crippen molar-refractivity contribution in [1.82, 2.24) is 14.4 Å². The number of aromatic nitrogens is 1. The molecule has 2 fully saturated rings. The van der Waals surface area contributed by atoms with Crippen molar-refractivity contribution in [2.24, 2.45) is 0 Å². The third-order valence-electron chi connectivity index (χ3n) is 7.11. The fraction of sp³-hybridized carbons (Fsp3) is 0.448. The number of piperazine rings is 1. The summed E-state index contributed by atoms with van der Waals surface area (Å²) in [6.07, 6.45) is 2.53. The lowest BCUT2D eigenvalue weighted by Crippen LogP contribution is -2.48. The van der Waals surface area contributed by atoms with Crippen molar-refractivity contribution in [3.05, 3.63) is 67.8 Å². The van der Waals surface area contributed by atoms with Crippen molar-refractivity contribution in [2.45, 2.75) is 40.3 Å². The summed E-state index contributed by atoms with van der Waals surface area (Å²) >= 11 is 6.80. The Bertz CT molecular complexity index is 1340. The predicted octanol–water partition coefficient (Wildman–Crippen LogP) is 4.00. The van der Waals surface area contributed by atoms with E-state index in [1.165, 1.54) is 17.3 Å². The molecule has 206 valence electrons. The summed E-state index contributed by atoms with van der Waals surface area (Å²) in [6, 6.07) is 12.5. The van der Waals surface area contributed by atoms with Crippen molar-refractivity contribution in [2.75, 3.05) is 50.8 Å². The number of hydrogen-bond acceptors (Lipinski definition) is 8. The first-order valence-electron chi connectivity index (χ1n) is 13.4. The number of ether oxygens (including phenoxy) is 1. The van der Waals surface area contributed by atoms with Crippen LogP contribution in [0.1, 0.15) is 42.5 Å². The minimum atomic E-state index is -0.292. The van der Waals surface area contributed by atoms with Crippen molar-refractivity contribution < 1.29 is 9.53 Å². The number of thiocarbonyl (C=S) groups is 1. The topological polar surface area (TPSA) is 81.8 Å². The summed E-state index contributed by atoms with van der Waals surface area (Å²) in [7, 11) is 0. The Hall–Kier alpha value is -2.97. The molecule has 1 aromatic carbocycles. The molecule has 0 atom stereocenters. The van der Waals surface area contributed by atoms with Gasteiger partial charge in [-0.25, -0.2) is 0 Å². The van der Waals surface area contributed by atoms with Crippen molar-refractivity contribution in [3.8, 4) is 6.07 Å². The molecule has 10 heteroatoms.